The molecule has 0 spiro atoms. The zero-order chi connectivity index (χ0) is 13.6. The molecule has 0 aromatic carbocycles. The number of nitrogens with zero attached hydrogens (tertiary/aromatic N) is 1. The molecule has 1 unspecified atom stereocenters. The van der Waals surface area contributed by atoms with Crippen molar-refractivity contribution in [3.8, 4) is 5.75 Å². The highest BCUT2D eigenvalue weighted by Gasteiger charge is 2.29. The van der Waals surface area contributed by atoms with Crippen molar-refractivity contribution in [3.05, 3.63) is 24.0 Å². The predicted molar refractivity (Wildman–Crippen MR) is 72.9 cm³/mol. The van der Waals surface area contributed by atoms with Gasteiger partial charge in [0.2, 0.25) is 0 Å². The number of nitrogens with one attached hydrogen (secondary N) is 1. The molecule has 1 atom stereocenters. The van der Waals surface area contributed by atoms with E-state index in [-0.39, 0.29) is 11.6 Å². The highest BCUT2D eigenvalue weighted by molar-refractivity contribution is 5.27. The molecular formula is C14H24N2O2. The molecule has 0 aliphatic rings. The molecule has 0 aliphatic heterocycles. The van der Waals surface area contributed by atoms with Crippen molar-refractivity contribution in [3.63, 3.8) is 0 Å². The third kappa shape index (κ3) is 3.68. The molecule has 102 valence electrons. The minimum absolute atomic E-state index is 0.0696. The summed E-state index contributed by atoms with van der Waals surface area (Å²) in [6.45, 7) is 6.90. The van der Waals surface area contributed by atoms with Crippen molar-refractivity contribution < 1.29 is 9.47 Å². The second-order valence-corrected chi connectivity index (χ2v) is 4.83. The molecule has 0 radical (unpaired) electrons. The molecule has 0 amide bonds. The van der Waals surface area contributed by atoms with Crippen molar-refractivity contribution in [1.82, 2.24) is 10.3 Å². The molecular weight excluding hydrogens is 228 g/mol. The van der Waals surface area contributed by atoms with Crippen molar-refractivity contribution in [2.24, 2.45) is 0 Å². The molecule has 18 heavy (non-hydrogen) atoms. The van der Waals surface area contributed by atoms with Gasteiger partial charge in [-0.05, 0) is 38.9 Å². The maximum absolute atomic E-state index is 5.61. The Labute approximate surface area is 110 Å². The van der Waals surface area contributed by atoms with Gasteiger partial charge in [0, 0.05) is 13.3 Å². The van der Waals surface area contributed by atoms with Crippen molar-refractivity contribution in [2.75, 3.05) is 20.8 Å². The Bertz CT molecular complexity index is 367. The summed E-state index contributed by atoms with van der Waals surface area (Å²) in [5.74, 6) is 0.807. The average Bonchev–Trinajstić information content (AvgIpc) is 2.37. The maximum Gasteiger partial charge on any atom is 0.137 e. The van der Waals surface area contributed by atoms with Crippen LogP contribution in [-0.4, -0.2) is 31.3 Å². The molecule has 0 bridgehead atoms. The van der Waals surface area contributed by atoms with E-state index in [9.17, 15) is 0 Å². The second-order valence-electron chi connectivity index (χ2n) is 4.83. The maximum atomic E-state index is 5.61. The van der Waals surface area contributed by atoms with E-state index in [1.54, 1.807) is 13.3 Å². The van der Waals surface area contributed by atoms with Crippen molar-refractivity contribution >= 4 is 0 Å². The van der Waals surface area contributed by atoms with Crippen LogP contribution in [0, 0.1) is 0 Å². The largest absolute Gasteiger partial charge is 0.492 e. The van der Waals surface area contributed by atoms with E-state index < -0.39 is 0 Å². The minimum atomic E-state index is -0.306. The van der Waals surface area contributed by atoms with E-state index in [1.165, 1.54) is 0 Å². The van der Waals surface area contributed by atoms with Gasteiger partial charge in [-0.3, -0.25) is 4.98 Å². The zero-order valence-electron chi connectivity index (χ0n) is 12.0. The van der Waals surface area contributed by atoms with Crippen LogP contribution in [0.4, 0.5) is 0 Å². The minimum Gasteiger partial charge on any atom is -0.492 e. The Kier molecular flexibility index (Phi) is 5.56. The first-order chi connectivity index (χ1) is 8.55. The summed E-state index contributed by atoms with van der Waals surface area (Å²) < 4.78 is 11.1. The molecule has 1 aromatic heterocycles. The smallest absolute Gasteiger partial charge is 0.137 e. The van der Waals surface area contributed by atoms with E-state index >= 15 is 0 Å². The Balaban J connectivity index is 2.92. The van der Waals surface area contributed by atoms with Crippen LogP contribution < -0.4 is 10.1 Å². The van der Waals surface area contributed by atoms with E-state index in [0.717, 1.165) is 17.7 Å². The highest BCUT2D eigenvalue weighted by atomic mass is 16.5. The lowest BCUT2D eigenvalue weighted by Crippen LogP contribution is -2.39. The Morgan fingerprint density at radius 3 is 2.67 bits per heavy atom. The van der Waals surface area contributed by atoms with Gasteiger partial charge in [-0.1, -0.05) is 6.92 Å². The Hall–Kier alpha value is -1.13. The number of aromatic nitrogens is 1. The molecule has 0 saturated carbocycles. The van der Waals surface area contributed by atoms with Gasteiger partial charge in [-0.25, -0.2) is 0 Å². The van der Waals surface area contributed by atoms with Crippen LogP contribution in [0.5, 0.6) is 5.75 Å². The second kappa shape index (κ2) is 6.71. The van der Waals surface area contributed by atoms with E-state index in [4.69, 9.17) is 9.47 Å². The normalized spacial score (nSPS) is 13.4. The first-order valence-electron chi connectivity index (χ1n) is 6.35. The number of methoxy groups -OCH3 is 1. The van der Waals surface area contributed by atoms with Gasteiger partial charge in [0.05, 0.1) is 24.4 Å². The van der Waals surface area contributed by atoms with Crippen LogP contribution in [0.25, 0.3) is 0 Å². The van der Waals surface area contributed by atoms with Gasteiger partial charge in [0.15, 0.2) is 0 Å². The number of likely N-dealkylation sites (N-methyl/N-ethyl adjacent to an activating group) is 1. The number of hydrogen-bond donors (Lipinski definition) is 1. The quantitative estimate of drug-likeness (QED) is 0.810. The summed E-state index contributed by atoms with van der Waals surface area (Å²) >= 11 is 0. The molecule has 0 saturated heterocycles. The van der Waals surface area contributed by atoms with Crippen molar-refractivity contribution in [2.45, 2.75) is 38.8 Å². The fraction of sp³-hybridized carbons (Fsp3) is 0.643. The standard InChI is InChI=1S/C14H24N2O2/c1-6-7-18-12-8-11(9-16-10-12)13(15-4)14(2,3)17-5/h8-10,13,15H,6-7H2,1-5H3. The average molecular weight is 252 g/mol. The van der Waals surface area contributed by atoms with Crippen LogP contribution in [0.2, 0.25) is 0 Å². The summed E-state index contributed by atoms with van der Waals surface area (Å²) in [6, 6.07) is 2.09. The summed E-state index contributed by atoms with van der Waals surface area (Å²) in [6.07, 6.45) is 4.58. The van der Waals surface area contributed by atoms with Gasteiger partial charge < -0.3 is 14.8 Å². The highest BCUT2D eigenvalue weighted by Crippen LogP contribution is 2.29. The van der Waals surface area contributed by atoms with Crippen LogP contribution in [0.1, 0.15) is 38.8 Å². The van der Waals surface area contributed by atoms with Gasteiger partial charge in [0.25, 0.3) is 0 Å². The molecule has 0 fully saturated rings. The molecule has 1 rings (SSSR count). The molecule has 4 nitrogen and oxygen atoms in total. The third-order valence-electron chi connectivity index (χ3n) is 3.05. The monoisotopic (exact) mass is 252 g/mol. The summed E-state index contributed by atoms with van der Waals surface area (Å²) in [4.78, 5) is 4.23. The lowest BCUT2D eigenvalue weighted by Gasteiger charge is -2.33. The molecule has 1 aromatic rings. The van der Waals surface area contributed by atoms with E-state index in [1.807, 2.05) is 33.2 Å². The van der Waals surface area contributed by atoms with Crippen LogP contribution >= 0.6 is 0 Å². The van der Waals surface area contributed by atoms with Gasteiger partial charge in [-0.15, -0.1) is 0 Å². The van der Waals surface area contributed by atoms with Crippen molar-refractivity contribution in [1.29, 1.82) is 0 Å². The first kappa shape index (κ1) is 14.9. The van der Waals surface area contributed by atoms with E-state index in [0.29, 0.717) is 6.61 Å². The van der Waals surface area contributed by atoms with Crippen LogP contribution in [0.15, 0.2) is 18.5 Å². The Morgan fingerprint density at radius 1 is 1.39 bits per heavy atom. The van der Waals surface area contributed by atoms with Gasteiger partial charge in [-0.2, -0.15) is 0 Å². The number of hydrogen-bond acceptors (Lipinski definition) is 4. The zero-order valence-corrected chi connectivity index (χ0v) is 12.0. The molecule has 1 N–H and O–H groups in total. The lowest BCUT2D eigenvalue weighted by atomic mass is 9.93. The topological polar surface area (TPSA) is 43.4 Å². The fourth-order valence-corrected chi connectivity index (χ4v) is 1.93. The fourth-order valence-electron chi connectivity index (χ4n) is 1.93. The first-order valence-corrected chi connectivity index (χ1v) is 6.35. The summed E-state index contributed by atoms with van der Waals surface area (Å²) in [5, 5.41) is 3.27. The Morgan fingerprint density at radius 2 is 2.11 bits per heavy atom. The van der Waals surface area contributed by atoms with Gasteiger partial charge in [0.1, 0.15) is 5.75 Å². The SMILES string of the molecule is CCCOc1cncc(C(NC)C(C)(C)OC)c1. The van der Waals surface area contributed by atoms with Gasteiger partial charge >= 0.3 is 0 Å². The summed E-state index contributed by atoms with van der Waals surface area (Å²) in [7, 11) is 3.64. The predicted octanol–water partition coefficient (Wildman–Crippen LogP) is 2.56. The van der Waals surface area contributed by atoms with E-state index in [2.05, 4.69) is 17.2 Å². The number of ether oxygens (including phenoxy) is 2. The molecule has 4 heteroatoms. The molecule has 1 heterocycles. The number of pyridine rings is 1. The van der Waals surface area contributed by atoms with Crippen LogP contribution in [-0.2, 0) is 4.74 Å². The third-order valence-corrected chi connectivity index (χ3v) is 3.05. The summed E-state index contributed by atoms with van der Waals surface area (Å²) in [5.41, 5.74) is 0.762. The van der Waals surface area contributed by atoms with Crippen LogP contribution in [0.3, 0.4) is 0 Å². The lowest BCUT2D eigenvalue weighted by molar-refractivity contribution is -0.00912. The molecule has 0 aliphatic carbocycles. The number of rotatable bonds is 7.